The van der Waals surface area contributed by atoms with Crippen molar-refractivity contribution in [3.05, 3.63) is 36.0 Å². The van der Waals surface area contributed by atoms with Crippen LogP contribution in [0.15, 0.2) is 30.5 Å². The lowest BCUT2D eigenvalue weighted by Gasteiger charge is -2.37. The van der Waals surface area contributed by atoms with Crippen LogP contribution in [-0.2, 0) is 31.5 Å². The molecule has 4 amide bonds. The number of hydrogen-bond acceptors (Lipinski definition) is 7. The number of fused-ring (bicyclic) bond motifs is 1. The van der Waals surface area contributed by atoms with Crippen LogP contribution in [0, 0.1) is 0 Å². The highest BCUT2D eigenvalue weighted by molar-refractivity contribution is 6.09. The Morgan fingerprint density at radius 3 is 1.69 bits per heavy atom. The maximum Gasteiger partial charge on any atom is 0.426 e. The van der Waals surface area contributed by atoms with Crippen molar-refractivity contribution in [1.29, 1.82) is 0 Å². The Kier molecular flexibility index (Phi) is 8.85. The van der Waals surface area contributed by atoms with Crippen molar-refractivity contribution in [1.82, 2.24) is 14.8 Å². The van der Waals surface area contributed by atoms with Gasteiger partial charge in [0, 0.05) is 29.6 Å². The minimum Gasteiger partial charge on any atom is -0.444 e. The standard InChI is InChI=1S/C29H43N3O7/c1-26(2,3)37-23(34)30-21(29(10,11)19-17-31(12)20-16-14-13-15-18(19)20)22(33)32(24(35)38-27(4,5)6)25(36)39-28(7,8)9/h13-17,21H,1-12H3,(H,30,34)/t21-/m1/s1. The van der Waals surface area contributed by atoms with Gasteiger partial charge in [-0.3, -0.25) is 4.79 Å². The van der Waals surface area contributed by atoms with Gasteiger partial charge in [0.1, 0.15) is 22.8 Å². The molecule has 2 rings (SSSR count). The normalized spacial score (nSPS) is 13.4. The first-order valence-corrected chi connectivity index (χ1v) is 12.9. The molecule has 0 unspecified atom stereocenters. The first-order chi connectivity index (χ1) is 17.5. The van der Waals surface area contributed by atoms with Crippen molar-refractivity contribution in [2.24, 2.45) is 7.05 Å². The number of para-hydroxylation sites is 1. The summed E-state index contributed by atoms with van der Waals surface area (Å²) in [5, 5.41) is 3.47. The highest BCUT2D eigenvalue weighted by Crippen LogP contribution is 2.35. The maximum absolute atomic E-state index is 14.2. The molecule has 0 radical (unpaired) electrons. The zero-order chi connectivity index (χ0) is 30.1. The summed E-state index contributed by atoms with van der Waals surface area (Å²) < 4.78 is 18.2. The molecule has 1 heterocycles. The molecule has 0 spiro atoms. The Balaban J connectivity index is 2.70. The number of amides is 4. The molecule has 10 nitrogen and oxygen atoms in total. The van der Waals surface area contributed by atoms with Gasteiger partial charge in [-0.2, -0.15) is 0 Å². The zero-order valence-electron chi connectivity index (χ0n) is 25.2. The Hall–Kier alpha value is -3.56. The number of nitrogens with one attached hydrogen (secondary N) is 1. The number of nitrogens with zero attached hydrogens (tertiary/aromatic N) is 2. The number of alkyl carbamates (subject to hydrolysis) is 1. The summed E-state index contributed by atoms with van der Waals surface area (Å²) in [7, 11) is 1.87. The van der Waals surface area contributed by atoms with Gasteiger partial charge in [0.15, 0.2) is 0 Å². The van der Waals surface area contributed by atoms with Crippen LogP contribution >= 0.6 is 0 Å². The van der Waals surface area contributed by atoms with Gasteiger partial charge in [0.05, 0.1) is 0 Å². The van der Waals surface area contributed by atoms with E-state index in [-0.39, 0.29) is 0 Å². The molecule has 0 aliphatic heterocycles. The smallest absolute Gasteiger partial charge is 0.426 e. The van der Waals surface area contributed by atoms with Crippen molar-refractivity contribution in [3.8, 4) is 0 Å². The molecule has 0 aliphatic carbocycles. The van der Waals surface area contributed by atoms with Gasteiger partial charge in [0.25, 0.3) is 5.91 Å². The van der Waals surface area contributed by atoms with E-state index in [1.165, 1.54) is 0 Å². The third-order valence-corrected chi connectivity index (χ3v) is 5.59. The van der Waals surface area contributed by atoms with Gasteiger partial charge >= 0.3 is 18.3 Å². The fourth-order valence-electron chi connectivity index (χ4n) is 3.99. The molecule has 0 saturated carbocycles. The van der Waals surface area contributed by atoms with Gasteiger partial charge in [0.2, 0.25) is 0 Å². The van der Waals surface area contributed by atoms with E-state index in [4.69, 9.17) is 14.2 Å². The van der Waals surface area contributed by atoms with E-state index in [0.29, 0.717) is 10.5 Å². The maximum atomic E-state index is 14.2. The molecule has 1 aromatic carbocycles. The van der Waals surface area contributed by atoms with Crippen molar-refractivity contribution in [3.63, 3.8) is 0 Å². The Morgan fingerprint density at radius 2 is 1.23 bits per heavy atom. The zero-order valence-corrected chi connectivity index (χ0v) is 25.2. The Bertz CT molecular complexity index is 1210. The SMILES string of the molecule is Cn1cc(C(C)(C)[C@H](NC(=O)OC(C)(C)C)C(=O)N(C(=O)OC(C)(C)C)C(=O)OC(C)(C)C)c2ccccc21. The summed E-state index contributed by atoms with van der Waals surface area (Å²) in [5.74, 6) is -1.03. The largest absolute Gasteiger partial charge is 0.444 e. The van der Waals surface area contributed by atoms with E-state index in [2.05, 4.69) is 5.32 Å². The molecule has 216 valence electrons. The lowest BCUT2D eigenvalue weighted by atomic mass is 9.77. The fourth-order valence-corrected chi connectivity index (χ4v) is 3.99. The third kappa shape index (κ3) is 8.21. The van der Waals surface area contributed by atoms with E-state index in [9.17, 15) is 19.2 Å². The summed E-state index contributed by atoms with van der Waals surface area (Å²) in [6.07, 6.45) is -1.46. The topological polar surface area (TPSA) is 116 Å². The number of benzene rings is 1. The number of ether oxygens (including phenoxy) is 3. The van der Waals surface area contributed by atoms with Gasteiger partial charge in [-0.15, -0.1) is 4.90 Å². The van der Waals surface area contributed by atoms with Crippen LogP contribution in [0.25, 0.3) is 10.9 Å². The number of aromatic nitrogens is 1. The number of rotatable bonds is 4. The molecule has 2 aromatic rings. The molecule has 10 heteroatoms. The van der Waals surface area contributed by atoms with Crippen molar-refractivity contribution >= 4 is 35.1 Å². The average Bonchev–Trinajstić information content (AvgIpc) is 3.05. The summed E-state index contributed by atoms with van der Waals surface area (Å²) in [5.41, 5.74) is -2.43. The van der Waals surface area contributed by atoms with Gasteiger partial charge in [-0.05, 0) is 73.9 Å². The summed E-state index contributed by atoms with van der Waals surface area (Å²) >= 11 is 0. The predicted molar refractivity (Wildman–Crippen MR) is 148 cm³/mol. The van der Waals surface area contributed by atoms with Crippen molar-refractivity contribution in [2.75, 3.05) is 0 Å². The van der Waals surface area contributed by atoms with Crippen LogP contribution in [0.5, 0.6) is 0 Å². The second kappa shape index (κ2) is 10.9. The molecule has 0 saturated heterocycles. The van der Waals surface area contributed by atoms with E-state index in [1.807, 2.05) is 42.1 Å². The molecule has 1 atom stereocenters. The molecule has 0 aliphatic rings. The average molecular weight is 546 g/mol. The molecule has 1 N–H and O–H groups in total. The predicted octanol–water partition coefficient (Wildman–Crippen LogP) is 6.05. The highest BCUT2D eigenvalue weighted by atomic mass is 16.6. The van der Waals surface area contributed by atoms with Crippen molar-refractivity contribution < 1.29 is 33.4 Å². The molecular formula is C29H43N3O7. The van der Waals surface area contributed by atoms with Crippen LogP contribution in [0.3, 0.4) is 0 Å². The Morgan fingerprint density at radius 1 is 0.769 bits per heavy atom. The third-order valence-electron chi connectivity index (χ3n) is 5.59. The second-order valence-electron chi connectivity index (χ2n) is 13.1. The van der Waals surface area contributed by atoms with E-state index >= 15 is 0 Å². The monoisotopic (exact) mass is 545 g/mol. The van der Waals surface area contributed by atoms with Gasteiger partial charge < -0.3 is 24.1 Å². The van der Waals surface area contributed by atoms with E-state index in [0.717, 1.165) is 10.9 Å². The lowest BCUT2D eigenvalue weighted by Crippen LogP contribution is -2.60. The quantitative estimate of drug-likeness (QED) is 0.465. The first-order valence-electron chi connectivity index (χ1n) is 12.9. The lowest BCUT2D eigenvalue weighted by molar-refractivity contribution is -0.133. The first kappa shape index (κ1) is 31.7. The van der Waals surface area contributed by atoms with E-state index < -0.39 is 52.4 Å². The molecule has 1 aromatic heterocycles. The molecule has 39 heavy (non-hydrogen) atoms. The minimum absolute atomic E-state index is 0.311. The number of aryl methyl sites for hydroxylation is 1. The molecular weight excluding hydrogens is 502 g/mol. The highest BCUT2D eigenvalue weighted by Gasteiger charge is 2.47. The van der Waals surface area contributed by atoms with Gasteiger partial charge in [-0.25, -0.2) is 14.4 Å². The number of imide groups is 3. The van der Waals surface area contributed by atoms with Crippen LogP contribution in [-0.4, -0.2) is 56.5 Å². The van der Waals surface area contributed by atoms with Gasteiger partial charge in [-0.1, -0.05) is 32.0 Å². The summed E-state index contributed by atoms with van der Waals surface area (Å²) in [4.78, 5) is 54.0. The van der Waals surface area contributed by atoms with E-state index in [1.54, 1.807) is 76.2 Å². The number of carbonyl (C=O) groups excluding carboxylic acids is 4. The molecule has 0 bridgehead atoms. The number of carbonyl (C=O) groups is 4. The van der Waals surface area contributed by atoms with Crippen LogP contribution in [0.4, 0.5) is 14.4 Å². The Labute approximate surface area is 230 Å². The van der Waals surface area contributed by atoms with Crippen LogP contribution < -0.4 is 5.32 Å². The number of hydrogen-bond donors (Lipinski definition) is 1. The summed E-state index contributed by atoms with van der Waals surface area (Å²) in [6.45, 7) is 18.2. The van der Waals surface area contributed by atoms with Crippen LogP contribution in [0.2, 0.25) is 0 Å². The second-order valence-corrected chi connectivity index (χ2v) is 13.1. The van der Waals surface area contributed by atoms with Crippen molar-refractivity contribution in [2.45, 2.75) is 104 Å². The fraction of sp³-hybridized carbons (Fsp3) is 0.586. The summed E-state index contributed by atoms with van der Waals surface area (Å²) in [6, 6.07) is 6.17. The minimum atomic E-state index is -1.43. The van der Waals surface area contributed by atoms with Crippen LogP contribution in [0.1, 0.15) is 81.7 Å². The molecule has 0 fully saturated rings.